The summed E-state index contributed by atoms with van der Waals surface area (Å²) < 4.78 is 0. The summed E-state index contributed by atoms with van der Waals surface area (Å²) in [4.78, 5) is 0. The molecule has 0 radical (unpaired) electrons. The van der Waals surface area contributed by atoms with Crippen molar-refractivity contribution < 1.29 is 5.11 Å². The highest BCUT2D eigenvalue weighted by Gasteiger charge is 2.63. The summed E-state index contributed by atoms with van der Waals surface area (Å²) in [6.45, 7) is 6.89. The van der Waals surface area contributed by atoms with Gasteiger partial charge in [-0.2, -0.15) is 0 Å². The number of rotatable bonds is 1. The van der Waals surface area contributed by atoms with E-state index in [2.05, 4.69) is 51.1 Å². The van der Waals surface area contributed by atoms with Gasteiger partial charge in [0.15, 0.2) is 0 Å². The molecule has 0 aliphatic heterocycles. The Morgan fingerprint density at radius 3 is 2.39 bits per heavy atom. The molecule has 2 fully saturated rings. The van der Waals surface area contributed by atoms with Crippen molar-refractivity contribution in [3.8, 4) is 0 Å². The maximum Gasteiger partial charge on any atom is 0.0815 e. The Labute approximate surface area is 110 Å². The van der Waals surface area contributed by atoms with Crippen LogP contribution in [0, 0.1) is 16.7 Å². The molecule has 2 aliphatic rings. The number of aliphatic hydroxyl groups excluding tert-OH is 1. The molecule has 1 aromatic carbocycles. The largest absolute Gasteiger partial charge is 0.388 e. The van der Waals surface area contributed by atoms with Crippen LogP contribution in [0.2, 0.25) is 0 Å². The Balaban J connectivity index is 2.04. The van der Waals surface area contributed by atoms with Crippen molar-refractivity contribution in [2.45, 2.75) is 39.7 Å². The van der Waals surface area contributed by atoms with Crippen LogP contribution in [0.25, 0.3) is 6.08 Å². The van der Waals surface area contributed by atoms with Crippen molar-refractivity contribution >= 4 is 6.08 Å². The molecule has 0 aromatic heterocycles. The Hall–Kier alpha value is -1.08. The summed E-state index contributed by atoms with van der Waals surface area (Å²) in [5.41, 5.74) is 2.73. The molecular formula is C17H22O. The molecule has 0 saturated heterocycles. The number of hydrogen-bond acceptors (Lipinski definition) is 1. The predicted molar refractivity (Wildman–Crippen MR) is 75.0 cm³/mol. The van der Waals surface area contributed by atoms with Gasteiger partial charge in [0, 0.05) is 5.41 Å². The monoisotopic (exact) mass is 242 g/mol. The van der Waals surface area contributed by atoms with E-state index in [1.54, 1.807) is 0 Å². The van der Waals surface area contributed by atoms with Crippen molar-refractivity contribution in [1.82, 2.24) is 0 Å². The summed E-state index contributed by atoms with van der Waals surface area (Å²) in [6, 6.07) is 10.4. The van der Waals surface area contributed by atoms with Crippen LogP contribution in [-0.2, 0) is 0 Å². The quantitative estimate of drug-likeness (QED) is 0.792. The molecule has 1 unspecified atom stereocenters. The van der Waals surface area contributed by atoms with Crippen molar-refractivity contribution in [3.05, 3.63) is 41.5 Å². The fraction of sp³-hybridized carbons (Fsp3) is 0.529. The normalized spacial score (nSPS) is 39.4. The Morgan fingerprint density at radius 2 is 1.83 bits per heavy atom. The summed E-state index contributed by atoms with van der Waals surface area (Å²) in [5, 5.41) is 10.7. The third kappa shape index (κ3) is 1.37. The molecule has 2 saturated carbocycles. The predicted octanol–water partition coefficient (Wildman–Crippen LogP) is 3.89. The van der Waals surface area contributed by atoms with E-state index in [-0.39, 0.29) is 16.9 Å². The minimum Gasteiger partial charge on any atom is -0.388 e. The first-order valence-electron chi connectivity index (χ1n) is 6.91. The average Bonchev–Trinajstić information content (AvgIpc) is 2.65. The van der Waals surface area contributed by atoms with Gasteiger partial charge >= 0.3 is 0 Å². The zero-order chi connectivity index (χ0) is 13.0. The van der Waals surface area contributed by atoms with Gasteiger partial charge in [0.2, 0.25) is 0 Å². The van der Waals surface area contributed by atoms with Gasteiger partial charge < -0.3 is 5.11 Å². The van der Waals surface area contributed by atoms with Crippen LogP contribution >= 0.6 is 0 Å². The lowest BCUT2D eigenvalue weighted by Crippen LogP contribution is -2.35. The Bertz CT molecular complexity index is 486. The second-order valence-electron chi connectivity index (χ2n) is 6.69. The van der Waals surface area contributed by atoms with Crippen LogP contribution in [0.4, 0.5) is 0 Å². The van der Waals surface area contributed by atoms with Gasteiger partial charge in [-0.3, -0.25) is 0 Å². The molecule has 3 rings (SSSR count). The molecule has 18 heavy (non-hydrogen) atoms. The van der Waals surface area contributed by atoms with E-state index in [9.17, 15) is 5.11 Å². The SMILES string of the molecule is CC1(C)[C@H]2CCC1(C)[C@@H](O)/C2=C/c1ccccc1. The van der Waals surface area contributed by atoms with Gasteiger partial charge in [-0.15, -0.1) is 0 Å². The van der Waals surface area contributed by atoms with Crippen molar-refractivity contribution in [2.24, 2.45) is 16.7 Å². The van der Waals surface area contributed by atoms with E-state index in [0.717, 1.165) is 6.42 Å². The Morgan fingerprint density at radius 1 is 1.17 bits per heavy atom. The van der Waals surface area contributed by atoms with Crippen LogP contribution < -0.4 is 0 Å². The lowest BCUT2D eigenvalue weighted by atomic mass is 9.70. The first-order chi connectivity index (χ1) is 8.47. The third-order valence-corrected chi connectivity index (χ3v) is 5.75. The lowest BCUT2D eigenvalue weighted by Gasteiger charge is -2.36. The number of benzene rings is 1. The van der Waals surface area contributed by atoms with Gasteiger partial charge in [-0.05, 0) is 35.3 Å². The second kappa shape index (κ2) is 3.71. The zero-order valence-electron chi connectivity index (χ0n) is 11.5. The lowest BCUT2D eigenvalue weighted by molar-refractivity contribution is 0.0264. The summed E-state index contributed by atoms with van der Waals surface area (Å²) in [5.74, 6) is 0.540. The fourth-order valence-electron chi connectivity index (χ4n) is 4.08. The van der Waals surface area contributed by atoms with Crippen molar-refractivity contribution in [3.63, 3.8) is 0 Å². The molecule has 1 aromatic rings. The molecular weight excluding hydrogens is 220 g/mol. The third-order valence-electron chi connectivity index (χ3n) is 5.75. The van der Waals surface area contributed by atoms with Gasteiger partial charge in [0.25, 0.3) is 0 Å². The molecule has 96 valence electrons. The van der Waals surface area contributed by atoms with Crippen LogP contribution in [0.5, 0.6) is 0 Å². The fourth-order valence-corrected chi connectivity index (χ4v) is 4.08. The molecule has 0 heterocycles. The smallest absolute Gasteiger partial charge is 0.0815 e. The number of fused-ring (bicyclic) bond motifs is 2. The van der Waals surface area contributed by atoms with Gasteiger partial charge in [-0.1, -0.05) is 57.2 Å². The van der Waals surface area contributed by atoms with Crippen LogP contribution in [0.1, 0.15) is 39.2 Å². The van der Waals surface area contributed by atoms with Crippen LogP contribution in [-0.4, -0.2) is 11.2 Å². The van der Waals surface area contributed by atoms with Gasteiger partial charge in [-0.25, -0.2) is 0 Å². The molecule has 3 atom stereocenters. The number of aliphatic hydroxyl groups is 1. The van der Waals surface area contributed by atoms with Crippen LogP contribution in [0.3, 0.4) is 0 Å². The standard InChI is InChI=1S/C17H22O/c1-16(2)14-9-10-17(16,3)15(18)13(14)11-12-7-5-4-6-8-12/h4-8,11,14-15,18H,9-10H2,1-3H3/b13-11+/t14-,15-,17?/m0/s1. The van der Waals surface area contributed by atoms with Crippen molar-refractivity contribution in [1.29, 1.82) is 0 Å². The Kier molecular flexibility index (Phi) is 2.47. The maximum absolute atomic E-state index is 10.7. The van der Waals surface area contributed by atoms with E-state index >= 15 is 0 Å². The van der Waals surface area contributed by atoms with E-state index in [1.807, 2.05) is 6.07 Å². The minimum atomic E-state index is -0.272. The minimum absolute atomic E-state index is 0.0538. The van der Waals surface area contributed by atoms with Crippen molar-refractivity contribution in [2.75, 3.05) is 0 Å². The number of hydrogen-bond donors (Lipinski definition) is 1. The highest BCUT2D eigenvalue weighted by molar-refractivity contribution is 5.57. The molecule has 0 amide bonds. The molecule has 2 aliphatic carbocycles. The summed E-state index contributed by atoms with van der Waals surface area (Å²) >= 11 is 0. The van der Waals surface area contributed by atoms with E-state index < -0.39 is 0 Å². The first-order valence-corrected chi connectivity index (χ1v) is 6.91. The zero-order valence-corrected chi connectivity index (χ0v) is 11.5. The second-order valence-corrected chi connectivity index (χ2v) is 6.69. The molecule has 1 heteroatoms. The molecule has 2 bridgehead atoms. The maximum atomic E-state index is 10.7. The highest BCUT2D eigenvalue weighted by atomic mass is 16.3. The average molecular weight is 242 g/mol. The first kappa shape index (κ1) is 12.0. The van der Waals surface area contributed by atoms with E-state index in [0.29, 0.717) is 5.92 Å². The molecule has 0 spiro atoms. The topological polar surface area (TPSA) is 20.2 Å². The van der Waals surface area contributed by atoms with Gasteiger partial charge in [0.1, 0.15) is 0 Å². The van der Waals surface area contributed by atoms with E-state index in [1.165, 1.54) is 17.6 Å². The van der Waals surface area contributed by atoms with Crippen LogP contribution in [0.15, 0.2) is 35.9 Å². The molecule has 1 nitrogen and oxygen atoms in total. The summed E-state index contributed by atoms with van der Waals surface area (Å²) in [7, 11) is 0. The summed E-state index contributed by atoms with van der Waals surface area (Å²) in [6.07, 6.45) is 4.31. The molecule has 1 N–H and O–H groups in total. The van der Waals surface area contributed by atoms with Gasteiger partial charge in [0.05, 0.1) is 6.10 Å². The van der Waals surface area contributed by atoms with E-state index in [4.69, 9.17) is 0 Å². The highest BCUT2D eigenvalue weighted by Crippen LogP contribution is 2.67.